The van der Waals surface area contributed by atoms with Crippen molar-refractivity contribution in [3.63, 3.8) is 0 Å². The van der Waals surface area contributed by atoms with E-state index in [1.54, 1.807) is 19.2 Å². The molecule has 1 aromatic heterocycles. The third-order valence-corrected chi connectivity index (χ3v) is 4.57. The second-order valence-electron chi connectivity index (χ2n) is 6.10. The molecule has 0 spiro atoms. The van der Waals surface area contributed by atoms with Gasteiger partial charge in [0.2, 0.25) is 0 Å². The fourth-order valence-electron chi connectivity index (χ4n) is 2.91. The maximum Gasteiger partial charge on any atom is 0.162 e. The van der Waals surface area contributed by atoms with Gasteiger partial charge in [-0.25, -0.2) is 14.4 Å². The van der Waals surface area contributed by atoms with Gasteiger partial charge in [0.15, 0.2) is 11.5 Å². The molecule has 6 nitrogen and oxygen atoms in total. The van der Waals surface area contributed by atoms with Crippen LogP contribution < -0.4 is 14.8 Å². The van der Waals surface area contributed by atoms with Crippen molar-refractivity contribution in [2.24, 2.45) is 0 Å². The predicted octanol–water partition coefficient (Wildman–Crippen LogP) is 4.34. The summed E-state index contributed by atoms with van der Waals surface area (Å²) in [5, 5.41) is 3.93. The Kier molecular flexibility index (Phi) is 4.96. The molecule has 1 fully saturated rings. The standard InChI is InChI=1S/C19H17ClFN3O3/c1-25-17-8-16-13(7-18(17)27-12-4-5-26-9-12)19(23-10-22-16)24-11-2-3-15(21)14(20)6-11/h2-3,6-8,10,12H,4-5,9H2,1H3,(H,22,23,24). The van der Waals surface area contributed by atoms with Crippen LogP contribution in [0.2, 0.25) is 5.02 Å². The number of fused-ring (bicyclic) bond motifs is 1. The van der Waals surface area contributed by atoms with Gasteiger partial charge in [0.25, 0.3) is 0 Å². The van der Waals surface area contributed by atoms with Gasteiger partial charge in [0.05, 0.1) is 30.9 Å². The van der Waals surface area contributed by atoms with Crippen LogP contribution >= 0.6 is 11.6 Å². The molecule has 0 aliphatic carbocycles. The summed E-state index contributed by atoms with van der Waals surface area (Å²) in [5.41, 5.74) is 1.30. The molecule has 140 valence electrons. The fraction of sp³-hybridized carbons (Fsp3) is 0.263. The second kappa shape index (κ2) is 7.54. The average molecular weight is 390 g/mol. The molecule has 1 saturated heterocycles. The normalized spacial score (nSPS) is 16.5. The largest absolute Gasteiger partial charge is 0.493 e. The van der Waals surface area contributed by atoms with Crippen molar-refractivity contribution in [3.05, 3.63) is 47.5 Å². The molecule has 1 aliphatic heterocycles. The first-order valence-electron chi connectivity index (χ1n) is 8.43. The molecule has 2 heterocycles. The van der Waals surface area contributed by atoms with Crippen LogP contribution in [-0.4, -0.2) is 36.4 Å². The minimum absolute atomic E-state index is 0.0201. The number of halogens is 2. The lowest BCUT2D eigenvalue weighted by Crippen LogP contribution is -2.16. The Morgan fingerprint density at radius 3 is 2.85 bits per heavy atom. The fourth-order valence-corrected chi connectivity index (χ4v) is 3.09. The lowest BCUT2D eigenvalue weighted by atomic mass is 10.2. The number of nitrogens with one attached hydrogen (secondary N) is 1. The van der Waals surface area contributed by atoms with Crippen molar-refractivity contribution < 1.29 is 18.6 Å². The minimum Gasteiger partial charge on any atom is -0.493 e. The molecule has 1 unspecified atom stereocenters. The van der Waals surface area contributed by atoms with Crippen LogP contribution in [0.15, 0.2) is 36.7 Å². The summed E-state index contributed by atoms with van der Waals surface area (Å²) in [6, 6.07) is 8.02. The van der Waals surface area contributed by atoms with E-state index in [1.807, 2.05) is 6.07 Å². The molecule has 1 aliphatic rings. The Labute approximate surface area is 160 Å². The van der Waals surface area contributed by atoms with E-state index in [4.69, 9.17) is 25.8 Å². The Bertz CT molecular complexity index is 980. The van der Waals surface area contributed by atoms with Crippen LogP contribution in [0.3, 0.4) is 0 Å². The summed E-state index contributed by atoms with van der Waals surface area (Å²) < 4.78 is 30.2. The van der Waals surface area contributed by atoms with E-state index in [0.29, 0.717) is 41.7 Å². The van der Waals surface area contributed by atoms with Crippen molar-refractivity contribution in [2.75, 3.05) is 25.6 Å². The zero-order valence-corrected chi connectivity index (χ0v) is 15.3. The van der Waals surface area contributed by atoms with Gasteiger partial charge in [0.1, 0.15) is 24.1 Å². The molecule has 1 N–H and O–H groups in total. The maximum absolute atomic E-state index is 13.4. The van der Waals surface area contributed by atoms with Gasteiger partial charge >= 0.3 is 0 Å². The number of methoxy groups -OCH3 is 1. The van der Waals surface area contributed by atoms with Crippen molar-refractivity contribution in [3.8, 4) is 11.5 Å². The maximum atomic E-state index is 13.4. The third-order valence-electron chi connectivity index (χ3n) is 4.28. The van der Waals surface area contributed by atoms with Crippen molar-refractivity contribution in [1.82, 2.24) is 9.97 Å². The Balaban J connectivity index is 1.72. The van der Waals surface area contributed by atoms with E-state index >= 15 is 0 Å². The Morgan fingerprint density at radius 1 is 1.22 bits per heavy atom. The topological polar surface area (TPSA) is 65.5 Å². The molecular formula is C19H17ClFN3O3. The van der Waals surface area contributed by atoms with E-state index < -0.39 is 5.82 Å². The van der Waals surface area contributed by atoms with Gasteiger partial charge in [0, 0.05) is 23.6 Å². The van der Waals surface area contributed by atoms with Gasteiger partial charge in [-0.2, -0.15) is 0 Å². The van der Waals surface area contributed by atoms with Crippen LogP contribution in [0.25, 0.3) is 10.9 Å². The van der Waals surface area contributed by atoms with Gasteiger partial charge in [-0.1, -0.05) is 11.6 Å². The number of ether oxygens (including phenoxy) is 3. The van der Waals surface area contributed by atoms with Crippen LogP contribution in [0.1, 0.15) is 6.42 Å². The van der Waals surface area contributed by atoms with E-state index in [-0.39, 0.29) is 11.1 Å². The number of hydrogen-bond donors (Lipinski definition) is 1. The minimum atomic E-state index is -0.478. The van der Waals surface area contributed by atoms with E-state index in [2.05, 4.69) is 15.3 Å². The summed E-state index contributed by atoms with van der Waals surface area (Å²) in [7, 11) is 1.58. The summed E-state index contributed by atoms with van der Waals surface area (Å²) in [4.78, 5) is 8.60. The highest BCUT2D eigenvalue weighted by Crippen LogP contribution is 2.36. The van der Waals surface area contributed by atoms with Gasteiger partial charge in [-0.3, -0.25) is 0 Å². The van der Waals surface area contributed by atoms with E-state index in [0.717, 1.165) is 11.8 Å². The third kappa shape index (κ3) is 3.74. The molecule has 8 heteroatoms. The molecule has 3 aromatic rings. The molecule has 0 saturated carbocycles. The van der Waals surface area contributed by atoms with E-state index in [1.165, 1.54) is 18.5 Å². The highest BCUT2D eigenvalue weighted by Gasteiger charge is 2.20. The first kappa shape index (κ1) is 17.8. The number of nitrogens with zero attached hydrogens (tertiary/aromatic N) is 2. The summed E-state index contributed by atoms with van der Waals surface area (Å²) in [6.07, 6.45) is 2.25. The first-order valence-corrected chi connectivity index (χ1v) is 8.81. The highest BCUT2D eigenvalue weighted by atomic mass is 35.5. The molecule has 0 bridgehead atoms. The summed E-state index contributed by atoms with van der Waals surface area (Å²) in [6.45, 7) is 1.23. The van der Waals surface area contributed by atoms with Crippen LogP contribution in [0, 0.1) is 5.82 Å². The molecule has 1 atom stereocenters. The zero-order chi connectivity index (χ0) is 18.8. The molecule has 0 radical (unpaired) electrons. The SMILES string of the molecule is COc1cc2ncnc(Nc3ccc(F)c(Cl)c3)c2cc1OC1CCOC1. The summed E-state index contributed by atoms with van der Waals surface area (Å²) >= 11 is 5.86. The smallest absolute Gasteiger partial charge is 0.162 e. The molecule has 4 rings (SSSR count). The van der Waals surface area contributed by atoms with Crippen LogP contribution in [0.5, 0.6) is 11.5 Å². The first-order chi connectivity index (χ1) is 13.1. The van der Waals surface area contributed by atoms with Crippen LogP contribution in [0.4, 0.5) is 15.9 Å². The van der Waals surface area contributed by atoms with Gasteiger partial charge in [-0.05, 0) is 24.3 Å². The van der Waals surface area contributed by atoms with Gasteiger partial charge < -0.3 is 19.5 Å². The molecular weight excluding hydrogens is 373 g/mol. The number of benzene rings is 2. The number of rotatable bonds is 5. The Hall–Kier alpha value is -2.64. The van der Waals surface area contributed by atoms with Crippen LogP contribution in [-0.2, 0) is 4.74 Å². The lowest BCUT2D eigenvalue weighted by Gasteiger charge is -2.16. The molecule has 27 heavy (non-hydrogen) atoms. The zero-order valence-electron chi connectivity index (χ0n) is 14.5. The lowest BCUT2D eigenvalue weighted by molar-refractivity contribution is 0.139. The van der Waals surface area contributed by atoms with Crippen molar-refractivity contribution in [1.29, 1.82) is 0 Å². The van der Waals surface area contributed by atoms with Gasteiger partial charge in [-0.15, -0.1) is 0 Å². The Morgan fingerprint density at radius 2 is 2.11 bits per heavy atom. The number of hydrogen-bond acceptors (Lipinski definition) is 6. The van der Waals surface area contributed by atoms with Crippen molar-refractivity contribution in [2.45, 2.75) is 12.5 Å². The number of aromatic nitrogens is 2. The molecule has 0 amide bonds. The molecule has 2 aromatic carbocycles. The number of anilines is 2. The predicted molar refractivity (Wildman–Crippen MR) is 101 cm³/mol. The average Bonchev–Trinajstić information content (AvgIpc) is 3.18. The quantitative estimate of drug-likeness (QED) is 0.700. The van der Waals surface area contributed by atoms with Crippen molar-refractivity contribution >= 4 is 34.0 Å². The monoisotopic (exact) mass is 389 g/mol. The second-order valence-corrected chi connectivity index (χ2v) is 6.51. The summed E-state index contributed by atoms with van der Waals surface area (Å²) in [5.74, 6) is 1.26. The highest BCUT2D eigenvalue weighted by molar-refractivity contribution is 6.31. The van der Waals surface area contributed by atoms with E-state index in [9.17, 15) is 4.39 Å².